The van der Waals surface area contributed by atoms with E-state index in [0.717, 1.165) is 17.7 Å². The number of hydrogen-bond acceptors (Lipinski definition) is 3. The number of aryl methyl sites for hydroxylation is 1. The minimum Gasteiger partial charge on any atom is -0.385 e. The molecule has 8 heteroatoms. The van der Waals surface area contributed by atoms with Crippen molar-refractivity contribution in [2.75, 3.05) is 0 Å². The number of carbonyl (C=O) groups is 1. The van der Waals surface area contributed by atoms with E-state index in [1.807, 2.05) is 30.3 Å². The van der Waals surface area contributed by atoms with E-state index in [1.54, 1.807) is 6.92 Å². The summed E-state index contributed by atoms with van der Waals surface area (Å²) in [4.78, 5) is 20.0. The molecule has 1 fully saturated rings. The van der Waals surface area contributed by atoms with Gasteiger partial charge in [-0.25, -0.2) is 4.98 Å². The highest BCUT2D eigenvalue weighted by atomic mass is 19.4. The third kappa shape index (κ3) is 4.55. The van der Waals surface area contributed by atoms with E-state index in [4.69, 9.17) is 0 Å². The monoisotopic (exact) mass is 443 g/mol. The number of amides is 1. The van der Waals surface area contributed by atoms with E-state index in [2.05, 4.69) is 15.3 Å². The van der Waals surface area contributed by atoms with E-state index in [-0.39, 0.29) is 29.0 Å². The highest BCUT2D eigenvalue weighted by Gasteiger charge is 2.35. The van der Waals surface area contributed by atoms with E-state index in [1.165, 1.54) is 12.1 Å². The molecule has 0 radical (unpaired) electrons. The summed E-state index contributed by atoms with van der Waals surface area (Å²) in [6.45, 7) is 1.66. The summed E-state index contributed by atoms with van der Waals surface area (Å²) in [5, 5.41) is 13.9. The van der Waals surface area contributed by atoms with Gasteiger partial charge in [0.05, 0.1) is 11.2 Å². The first-order valence-corrected chi connectivity index (χ1v) is 10.5. The third-order valence-electron chi connectivity index (χ3n) is 6.02. The van der Waals surface area contributed by atoms with Crippen LogP contribution in [0.5, 0.6) is 0 Å². The lowest BCUT2D eigenvalue weighted by Crippen LogP contribution is -2.42. The standard InChI is InChI=1S/C24H24F3N3O2/c1-15-20(30-21(28-15)16-6-5-9-18(14-16)24(25,26)27)22(31)29-19-10-12-23(32,13-11-19)17-7-3-2-4-8-17/h2-9,14,19,32H,10-13H2,1H3,(H,28,30)(H,29,31). The fourth-order valence-corrected chi connectivity index (χ4v) is 4.19. The molecular weight excluding hydrogens is 419 g/mol. The van der Waals surface area contributed by atoms with E-state index < -0.39 is 17.3 Å². The van der Waals surface area contributed by atoms with Gasteiger partial charge in [-0.1, -0.05) is 42.5 Å². The molecular formula is C24H24F3N3O2. The number of halogens is 3. The Morgan fingerprint density at radius 2 is 1.81 bits per heavy atom. The van der Waals surface area contributed by atoms with Crippen molar-refractivity contribution >= 4 is 5.91 Å². The number of aliphatic hydroxyl groups is 1. The Kier molecular flexibility index (Phi) is 5.81. The zero-order valence-corrected chi connectivity index (χ0v) is 17.5. The van der Waals surface area contributed by atoms with Crippen LogP contribution < -0.4 is 5.32 Å². The number of aromatic amines is 1. The molecule has 1 saturated carbocycles. The van der Waals surface area contributed by atoms with Gasteiger partial charge in [0.2, 0.25) is 0 Å². The van der Waals surface area contributed by atoms with Crippen molar-refractivity contribution in [3.63, 3.8) is 0 Å². The number of imidazole rings is 1. The van der Waals surface area contributed by atoms with E-state index >= 15 is 0 Å². The van der Waals surface area contributed by atoms with Gasteiger partial charge in [0, 0.05) is 17.3 Å². The maximum absolute atomic E-state index is 13.0. The second kappa shape index (κ2) is 8.43. The normalized spacial score (nSPS) is 21.3. The summed E-state index contributed by atoms with van der Waals surface area (Å²) in [6, 6.07) is 14.2. The van der Waals surface area contributed by atoms with Crippen molar-refractivity contribution < 1.29 is 23.1 Å². The van der Waals surface area contributed by atoms with Gasteiger partial charge in [0.1, 0.15) is 11.5 Å². The van der Waals surface area contributed by atoms with Crippen LogP contribution in [0.1, 0.15) is 53.0 Å². The minimum atomic E-state index is -4.46. The topological polar surface area (TPSA) is 78.0 Å². The molecule has 1 aliphatic rings. The number of alkyl halides is 3. The first-order chi connectivity index (χ1) is 15.2. The minimum absolute atomic E-state index is 0.111. The molecule has 0 spiro atoms. The molecule has 1 aliphatic carbocycles. The van der Waals surface area contributed by atoms with Crippen LogP contribution >= 0.6 is 0 Å². The molecule has 4 rings (SSSR count). The van der Waals surface area contributed by atoms with Crippen LogP contribution in [0.3, 0.4) is 0 Å². The molecule has 3 N–H and O–H groups in total. The summed E-state index contributed by atoms with van der Waals surface area (Å²) in [5.74, 6) is -0.173. The van der Waals surface area contributed by atoms with Crippen molar-refractivity contribution in [2.45, 2.75) is 50.4 Å². The average molecular weight is 443 g/mol. The van der Waals surface area contributed by atoms with Gasteiger partial charge in [0.25, 0.3) is 5.91 Å². The molecule has 0 atom stereocenters. The Labute approximate surface area is 183 Å². The lowest BCUT2D eigenvalue weighted by molar-refractivity contribution is -0.137. The molecule has 0 saturated heterocycles. The first kappa shape index (κ1) is 22.1. The first-order valence-electron chi connectivity index (χ1n) is 10.5. The second-order valence-corrected chi connectivity index (χ2v) is 8.28. The number of benzene rings is 2. The average Bonchev–Trinajstić information content (AvgIpc) is 3.17. The zero-order chi connectivity index (χ0) is 22.9. The van der Waals surface area contributed by atoms with Crippen LogP contribution in [-0.2, 0) is 11.8 Å². The van der Waals surface area contributed by atoms with Gasteiger partial charge in [-0.2, -0.15) is 13.2 Å². The predicted molar refractivity (Wildman–Crippen MR) is 114 cm³/mol. The number of aromatic nitrogens is 2. The maximum Gasteiger partial charge on any atom is 0.416 e. The van der Waals surface area contributed by atoms with E-state index in [9.17, 15) is 23.1 Å². The number of hydrogen-bond donors (Lipinski definition) is 3. The molecule has 1 amide bonds. The van der Waals surface area contributed by atoms with Gasteiger partial charge in [-0.15, -0.1) is 0 Å². The summed E-state index contributed by atoms with van der Waals surface area (Å²) in [7, 11) is 0. The molecule has 0 aliphatic heterocycles. The Hall–Kier alpha value is -3.13. The van der Waals surface area contributed by atoms with Crippen molar-refractivity contribution in [1.29, 1.82) is 0 Å². The SMILES string of the molecule is Cc1[nH]c(-c2cccc(C(F)(F)F)c2)nc1C(=O)NC1CCC(O)(c2ccccc2)CC1. The van der Waals surface area contributed by atoms with Crippen LogP contribution in [0.4, 0.5) is 13.2 Å². The number of rotatable bonds is 4. The van der Waals surface area contributed by atoms with Crippen LogP contribution in [0.25, 0.3) is 11.4 Å². The van der Waals surface area contributed by atoms with Crippen molar-refractivity contribution in [3.8, 4) is 11.4 Å². The summed E-state index contributed by atoms with van der Waals surface area (Å²) < 4.78 is 39.0. The lowest BCUT2D eigenvalue weighted by Gasteiger charge is -2.36. The van der Waals surface area contributed by atoms with Crippen LogP contribution in [0, 0.1) is 6.92 Å². The quantitative estimate of drug-likeness (QED) is 0.533. The molecule has 5 nitrogen and oxygen atoms in total. The number of nitrogens with one attached hydrogen (secondary N) is 2. The van der Waals surface area contributed by atoms with Gasteiger partial charge in [-0.05, 0) is 50.3 Å². The van der Waals surface area contributed by atoms with Gasteiger partial charge in [0.15, 0.2) is 0 Å². The van der Waals surface area contributed by atoms with E-state index in [0.29, 0.717) is 31.4 Å². The van der Waals surface area contributed by atoms with Gasteiger partial charge in [-0.3, -0.25) is 4.79 Å². The molecule has 3 aromatic rings. The van der Waals surface area contributed by atoms with Crippen LogP contribution in [-0.4, -0.2) is 27.0 Å². The molecule has 1 heterocycles. The molecule has 0 bridgehead atoms. The largest absolute Gasteiger partial charge is 0.416 e. The number of nitrogens with zero attached hydrogens (tertiary/aromatic N) is 1. The number of carbonyl (C=O) groups excluding carboxylic acids is 1. The van der Waals surface area contributed by atoms with Crippen LogP contribution in [0.15, 0.2) is 54.6 Å². The fourth-order valence-electron chi connectivity index (χ4n) is 4.19. The van der Waals surface area contributed by atoms with Crippen molar-refractivity contribution in [3.05, 3.63) is 77.1 Å². The number of H-pyrrole nitrogens is 1. The third-order valence-corrected chi connectivity index (χ3v) is 6.02. The highest BCUT2D eigenvalue weighted by molar-refractivity contribution is 5.94. The van der Waals surface area contributed by atoms with Crippen molar-refractivity contribution in [2.24, 2.45) is 0 Å². The van der Waals surface area contributed by atoms with Gasteiger partial charge < -0.3 is 15.4 Å². The lowest BCUT2D eigenvalue weighted by atomic mass is 9.78. The molecule has 168 valence electrons. The summed E-state index contributed by atoms with van der Waals surface area (Å²) in [6.07, 6.45) is -2.18. The zero-order valence-electron chi connectivity index (χ0n) is 17.5. The highest BCUT2D eigenvalue weighted by Crippen LogP contribution is 2.37. The van der Waals surface area contributed by atoms with Gasteiger partial charge >= 0.3 is 6.18 Å². The fraction of sp³-hybridized carbons (Fsp3) is 0.333. The molecule has 2 aromatic carbocycles. The smallest absolute Gasteiger partial charge is 0.385 e. The molecule has 32 heavy (non-hydrogen) atoms. The summed E-state index contributed by atoms with van der Waals surface area (Å²) >= 11 is 0. The Morgan fingerprint density at radius 1 is 1.12 bits per heavy atom. The Bertz CT molecular complexity index is 1100. The maximum atomic E-state index is 13.0. The Morgan fingerprint density at radius 3 is 2.47 bits per heavy atom. The van der Waals surface area contributed by atoms with Crippen molar-refractivity contribution in [1.82, 2.24) is 15.3 Å². The molecule has 0 unspecified atom stereocenters. The molecule has 1 aromatic heterocycles. The predicted octanol–water partition coefficient (Wildman–Crippen LogP) is 4.96. The van der Waals surface area contributed by atoms with Crippen LogP contribution in [0.2, 0.25) is 0 Å². The second-order valence-electron chi connectivity index (χ2n) is 8.28. The summed E-state index contributed by atoms with van der Waals surface area (Å²) in [5.41, 5.74) is 0.0868. The Balaban J connectivity index is 1.44.